The third kappa shape index (κ3) is 0.858. The molecule has 0 heterocycles. The van der Waals surface area contributed by atoms with Crippen molar-refractivity contribution in [3.05, 3.63) is 0 Å². The standard InChI is InChI=1S/C6H13NO/c1-7-5-3-4-6(5)8-2/h5-7H,3-4H2,1-2H3/t5-,6-/m1/s1. The lowest BCUT2D eigenvalue weighted by atomic mass is 9.89. The molecule has 0 amide bonds. The van der Waals surface area contributed by atoms with Crippen LogP contribution in [0, 0.1) is 0 Å². The van der Waals surface area contributed by atoms with Gasteiger partial charge in [-0.25, -0.2) is 0 Å². The molecule has 0 aromatic rings. The van der Waals surface area contributed by atoms with Crippen LogP contribution < -0.4 is 5.32 Å². The molecule has 2 atom stereocenters. The van der Waals surface area contributed by atoms with E-state index in [1.807, 2.05) is 7.05 Å². The van der Waals surface area contributed by atoms with Crippen LogP contribution in [0.25, 0.3) is 0 Å². The predicted octanol–water partition coefficient (Wildman–Crippen LogP) is 0.383. The summed E-state index contributed by atoms with van der Waals surface area (Å²) in [7, 11) is 3.75. The normalized spacial score (nSPS) is 36.8. The first-order valence-electron chi connectivity index (χ1n) is 3.08. The van der Waals surface area contributed by atoms with Crippen molar-refractivity contribution in [1.82, 2.24) is 5.32 Å². The molecule has 0 aliphatic heterocycles. The highest BCUT2D eigenvalue weighted by Gasteiger charge is 2.28. The lowest BCUT2D eigenvalue weighted by Crippen LogP contribution is -2.47. The van der Waals surface area contributed by atoms with Crippen molar-refractivity contribution in [3.8, 4) is 0 Å². The second-order valence-corrected chi connectivity index (χ2v) is 2.25. The number of methoxy groups -OCH3 is 1. The smallest absolute Gasteiger partial charge is 0.0724 e. The number of hydrogen-bond donors (Lipinski definition) is 1. The van der Waals surface area contributed by atoms with E-state index in [4.69, 9.17) is 4.74 Å². The number of rotatable bonds is 2. The summed E-state index contributed by atoms with van der Waals surface area (Å²) in [5, 5.41) is 3.18. The molecule has 48 valence electrons. The van der Waals surface area contributed by atoms with Gasteiger partial charge in [-0.15, -0.1) is 0 Å². The van der Waals surface area contributed by atoms with E-state index in [2.05, 4.69) is 5.32 Å². The summed E-state index contributed by atoms with van der Waals surface area (Å²) in [6.07, 6.45) is 2.98. The molecule has 0 unspecified atom stereocenters. The molecule has 1 aliphatic carbocycles. The fourth-order valence-electron chi connectivity index (χ4n) is 1.08. The Kier molecular flexibility index (Phi) is 1.86. The van der Waals surface area contributed by atoms with E-state index in [0.29, 0.717) is 12.1 Å². The van der Waals surface area contributed by atoms with E-state index in [0.717, 1.165) is 0 Å². The summed E-state index contributed by atoms with van der Waals surface area (Å²) in [6, 6.07) is 0.625. The average Bonchev–Trinajstić information content (AvgIpc) is 1.66. The van der Waals surface area contributed by atoms with Crippen molar-refractivity contribution in [1.29, 1.82) is 0 Å². The summed E-state index contributed by atoms with van der Waals surface area (Å²) in [6.45, 7) is 0. The van der Waals surface area contributed by atoms with Crippen LogP contribution in [-0.2, 0) is 4.74 Å². The Balaban J connectivity index is 2.16. The molecule has 0 aromatic heterocycles. The van der Waals surface area contributed by atoms with Gasteiger partial charge in [0.1, 0.15) is 0 Å². The number of ether oxygens (including phenoxy) is 1. The summed E-state index contributed by atoms with van der Waals surface area (Å²) in [4.78, 5) is 0. The monoisotopic (exact) mass is 115 g/mol. The van der Waals surface area contributed by atoms with Crippen LogP contribution in [0.1, 0.15) is 12.8 Å². The lowest BCUT2D eigenvalue weighted by Gasteiger charge is -2.34. The van der Waals surface area contributed by atoms with Crippen LogP contribution in [0.4, 0.5) is 0 Å². The van der Waals surface area contributed by atoms with Gasteiger partial charge in [0.25, 0.3) is 0 Å². The second-order valence-electron chi connectivity index (χ2n) is 2.25. The van der Waals surface area contributed by atoms with Crippen molar-refractivity contribution in [2.45, 2.75) is 25.0 Å². The van der Waals surface area contributed by atoms with Crippen LogP contribution in [0.15, 0.2) is 0 Å². The molecular formula is C6H13NO. The Hall–Kier alpha value is -0.0800. The first-order chi connectivity index (χ1) is 3.88. The summed E-state index contributed by atoms with van der Waals surface area (Å²) >= 11 is 0. The van der Waals surface area contributed by atoms with Gasteiger partial charge in [-0.1, -0.05) is 0 Å². The van der Waals surface area contributed by atoms with Gasteiger partial charge in [0.15, 0.2) is 0 Å². The summed E-state index contributed by atoms with van der Waals surface area (Å²) < 4.78 is 5.13. The number of likely N-dealkylation sites (N-methyl/N-ethyl adjacent to an activating group) is 1. The Morgan fingerprint density at radius 3 is 2.38 bits per heavy atom. The minimum absolute atomic E-state index is 0.486. The Morgan fingerprint density at radius 1 is 1.50 bits per heavy atom. The summed E-state index contributed by atoms with van der Waals surface area (Å²) in [5.41, 5.74) is 0. The van der Waals surface area contributed by atoms with E-state index in [1.165, 1.54) is 12.8 Å². The van der Waals surface area contributed by atoms with Crippen molar-refractivity contribution in [2.75, 3.05) is 14.2 Å². The predicted molar refractivity (Wildman–Crippen MR) is 32.9 cm³/mol. The molecule has 2 heteroatoms. The fraction of sp³-hybridized carbons (Fsp3) is 1.00. The topological polar surface area (TPSA) is 21.3 Å². The summed E-state index contributed by atoms with van der Waals surface area (Å²) in [5.74, 6) is 0. The maximum absolute atomic E-state index is 5.13. The molecule has 0 aromatic carbocycles. The fourth-order valence-corrected chi connectivity index (χ4v) is 1.08. The van der Waals surface area contributed by atoms with Gasteiger partial charge in [-0.05, 0) is 19.9 Å². The molecule has 0 radical (unpaired) electrons. The molecule has 1 N–H and O–H groups in total. The zero-order valence-electron chi connectivity index (χ0n) is 5.48. The second kappa shape index (κ2) is 2.46. The molecule has 2 nitrogen and oxygen atoms in total. The van der Waals surface area contributed by atoms with E-state index < -0.39 is 0 Å². The molecule has 1 rings (SSSR count). The van der Waals surface area contributed by atoms with Crippen LogP contribution in [-0.4, -0.2) is 26.3 Å². The number of nitrogens with one attached hydrogen (secondary N) is 1. The largest absolute Gasteiger partial charge is 0.380 e. The van der Waals surface area contributed by atoms with Gasteiger partial charge in [-0.2, -0.15) is 0 Å². The van der Waals surface area contributed by atoms with Crippen LogP contribution in [0.2, 0.25) is 0 Å². The van der Waals surface area contributed by atoms with Gasteiger partial charge >= 0.3 is 0 Å². The van der Waals surface area contributed by atoms with Gasteiger partial charge in [0.2, 0.25) is 0 Å². The molecule has 0 bridgehead atoms. The Labute approximate surface area is 50.2 Å². The van der Waals surface area contributed by atoms with Gasteiger partial charge in [0.05, 0.1) is 6.10 Å². The van der Waals surface area contributed by atoms with Crippen molar-refractivity contribution < 1.29 is 4.74 Å². The van der Waals surface area contributed by atoms with Crippen molar-refractivity contribution in [3.63, 3.8) is 0 Å². The number of hydrogen-bond acceptors (Lipinski definition) is 2. The molecule has 1 aliphatic rings. The van der Waals surface area contributed by atoms with Gasteiger partial charge in [0, 0.05) is 13.2 Å². The Bertz CT molecular complexity index is 60.9. The van der Waals surface area contributed by atoms with E-state index in [9.17, 15) is 0 Å². The maximum Gasteiger partial charge on any atom is 0.0724 e. The SMILES string of the molecule is CN[C@@H]1CC[C@H]1OC. The highest BCUT2D eigenvalue weighted by atomic mass is 16.5. The van der Waals surface area contributed by atoms with Gasteiger partial charge in [-0.3, -0.25) is 0 Å². The molecule has 1 saturated carbocycles. The third-order valence-corrected chi connectivity index (χ3v) is 1.88. The third-order valence-electron chi connectivity index (χ3n) is 1.88. The van der Waals surface area contributed by atoms with Crippen LogP contribution in [0.5, 0.6) is 0 Å². The zero-order valence-corrected chi connectivity index (χ0v) is 5.48. The van der Waals surface area contributed by atoms with Crippen LogP contribution in [0.3, 0.4) is 0 Å². The quantitative estimate of drug-likeness (QED) is 0.562. The zero-order chi connectivity index (χ0) is 5.98. The van der Waals surface area contributed by atoms with E-state index >= 15 is 0 Å². The maximum atomic E-state index is 5.13. The Morgan fingerprint density at radius 2 is 2.25 bits per heavy atom. The van der Waals surface area contributed by atoms with E-state index in [-0.39, 0.29) is 0 Å². The molecule has 0 spiro atoms. The highest BCUT2D eigenvalue weighted by molar-refractivity contribution is 4.86. The first kappa shape index (κ1) is 6.05. The minimum Gasteiger partial charge on any atom is -0.380 e. The van der Waals surface area contributed by atoms with Crippen LogP contribution >= 0.6 is 0 Å². The lowest BCUT2D eigenvalue weighted by molar-refractivity contribution is 0.00957. The first-order valence-corrected chi connectivity index (χ1v) is 3.08. The molecule has 8 heavy (non-hydrogen) atoms. The molecule has 0 saturated heterocycles. The molecular weight excluding hydrogens is 102 g/mol. The van der Waals surface area contributed by atoms with E-state index in [1.54, 1.807) is 7.11 Å². The highest BCUT2D eigenvalue weighted by Crippen LogP contribution is 2.21. The average molecular weight is 115 g/mol. The van der Waals surface area contributed by atoms with Crippen molar-refractivity contribution >= 4 is 0 Å². The van der Waals surface area contributed by atoms with Gasteiger partial charge < -0.3 is 10.1 Å². The molecule has 1 fully saturated rings. The minimum atomic E-state index is 0.486. The van der Waals surface area contributed by atoms with Crippen molar-refractivity contribution in [2.24, 2.45) is 0 Å².